The van der Waals surface area contributed by atoms with Crippen molar-refractivity contribution >= 4 is 111 Å². The van der Waals surface area contributed by atoms with Crippen LogP contribution in [0.3, 0.4) is 0 Å². The Morgan fingerprint density at radius 3 is 0.829 bits per heavy atom. The van der Waals surface area contributed by atoms with E-state index in [2.05, 4.69) is 42.7 Å². The van der Waals surface area contributed by atoms with Crippen LogP contribution in [0.25, 0.3) is 0 Å². The Balaban J connectivity index is 1.79. The third-order valence-electron chi connectivity index (χ3n) is 13.7. The van der Waals surface area contributed by atoms with Crippen molar-refractivity contribution in [3.63, 3.8) is 0 Å². The van der Waals surface area contributed by atoms with Gasteiger partial charge in [0.1, 0.15) is 23.9 Å². The van der Waals surface area contributed by atoms with Crippen molar-refractivity contribution in [3.8, 4) is 17.2 Å². The number of carbonyl (C=O) groups excluding carboxylic acids is 8. The summed E-state index contributed by atoms with van der Waals surface area (Å²) < 4.78 is 47.3. The zero-order valence-corrected chi connectivity index (χ0v) is 65.1. The molecule has 0 atom stereocenters. The van der Waals surface area contributed by atoms with Crippen molar-refractivity contribution in [1.29, 1.82) is 0 Å². The van der Waals surface area contributed by atoms with Gasteiger partial charge in [-0.1, -0.05) is 17.7 Å². The Labute approximate surface area is 626 Å². The summed E-state index contributed by atoms with van der Waals surface area (Å²) >= 11 is 0. The van der Waals surface area contributed by atoms with Gasteiger partial charge in [-0.3, -0.25) is 0 Å². The molecule has 62 heteroatoms. The largest absolute Gasteiger partial charge is 0.0556 e. The molecule has 0 bridgehead atoms. The van der Waals surface area contributed by atoms with Crippen LogP contribution in [-0.2, 0) is 76.4 Å². The van der Waals surface area contributed by atoms with Gasteiger partial charge in [0.25, 0.3) is 0 Å². The van der Waals surface area contributed by atoms with Crippen molar-refractivity contribution in [2.24, 2.45) is 0 Å². The Bertz CT molecular complexity index is 3330. The summed E-state index contributed by atoms with van der Waals surface area (Å²) in [5.74, 6) is -9.68. The number of nitrogens with one attached hydrogen (secondary N) is 7. The molecule has 4 aromatic carbocycles. The van der Waals surface area contributed by atoms with E-state index < -0.39 is 229 Å². The summed E-state index contributed by atoms with van der Waals surface area (Å²) in [5, 5.41) is 73.7. The Morgan fingerprint density at radius 2 is 0.550 bits per heavy atom. The number of ketones is 1. The van der Waals surface area contributed by atoms with Gasteiger partial charge in [-0.05, 0) is 36.8 Å². The third kappa shape index (κ3) is 37.2. The molecule has 636 valence electrons. The zero-order chi connectivity index (χ0) is 83.5. The van der Waals surface area contributed by atoms with Crippen LogP contribution in [0.5, 0.6) is 17.2 Å². The van der Waals surface area contributed by atoms with E-state index in [9.17, 15) is 117 Å². The van der Waals surface area contributed by atoms with Gasteiger partial charge in [-0.15, -0.1) is 0 Å². The average molecular weight is 1770 g/mol. The van der Waals surface area contributed by atoms with Gasteiger partial charge >= 0.3 is 540 Å². The van der Waals surface area contributed by atoms with E-state index in [1.54, 1.807) is 31.2 Å². The van der Waals surface area contributed by atoms with E-state index in [0.29, 0.717) is 25.3 Å². The molecule has 7 amide bonds. The number of hydrogen-bond donors (Lipinski definition) is 31. The minimum Gasteiger partial charge on any atom is -0.0556 e. The summed E-state index contributed by atoms with van der Waals surface area (Å²) in [7, 11) is -40.7. The first-order valence-corrected chi connectivity index (χ1v) is 46.7. The molecular weight excluding hydrogens is 1680 g/mol. The summed E-state index contributed by atoms with van der Waals surface area (Å²) in [4.78, 5) is 269. The molecule has 0 saturated carbocycles. The van der Waals surface area contributed by atoms with Crippen LogP contribution < -0.4 is 52.1 Å². The summed E-state index contributed by atoms with van der Waals surface area (Å²) in [6.45, 7) is -5.02. The van der Waals surface area contributed by atoms with Crippen LogP contribution in [-0.4, -0.2) is 270 Å². The minimum absolute atomic E-state index is 0.0799. The van der Waals surface area contributed by atoms with Crippen molar-refractivity contribution in [3.05, 3.63) is 123 Å². The van der Waals surface area contributed by atoms with Crippen LogP contribution >= 0.6 is 63.5 Å². The molecule has 0 aliphatic heterocycles. The van der Waals surface area contributed by atoms with Crippen molar-refractivity contribution in [2.75, 3.05) is 83.0 Å². The van der Waals surface area contributed by atoms with Crippen LogP contribution in [0.2, 0.25) is 0 Å². The van der Waals surface area contributed by atoms with Gasteiger partial charge < -0.3 is 4.74 Å². The number of nitrogens with zero attached hydrogens (tertiary/aromatic N) is 4. The number of hydrazine groups is 3. The van der Waals surface area contributed by atoms with Crippen LogP contribution in [0.1, 0.15) is 63.7 Å². The molecule has 0 aromatic heterocycles. The molecule has 0 heterocycles. The van der Waals surface area contributed by atoms with E-state index in [0.717, 1.165) is 42.0 Å². The van der Waals surface area contributed by atoms with Crippen LogP contribution in [0, 0.1) is 6.92 Å². The molecule has 0 fully saturated rings. The molecule has 0 aliphatic carbocycles. The summed E-state index contributed by atoms with van der Waals surface area (Å²) in [6, 6.07) is 16.9. The smallest absolute Gasteiger partial charge is 0.0130 e. The Morgan fingerprint density at radius 1 is 0.306 bits per heavy atom. The predicted octanol–water partition coefficient (Wildman–Crippen LogP) is -5.07. The molecule has 31 N–H and O–H groups in total. The Kier molecular flexibility index (Phi) is 39.0. The van der Waals surface area contributed by atoms with E-state index in [1.807, 2.05) is 32.6 Å². The second kappa shape index (κ2) is 44.4. The van der Waals surface area contributed by atoms with Gasteiger partial charge in [0.2, 0.25) is 0 Å². The topological polar surface area (TPSA) is 821 Å². The van der Waals surface area contributed by atoms with E-state index in [4.69, 9.17) is 56.3 Å². The second-order valence-corrected chi connectivity index (χ2v) is 39.7. The zero-order valence-electron chi connectivity index (χ0n) is 57.1. The number of ether oxygens (including phenoxy) is 3. The fourth-order valence-corrected chi connectivity index (χ4v) is 17.0. The molecule has 4 aromatic rings. The fourth-order valence-electron chi connectivity index (χ4n) is 9.22. The van der Waals surface area contributed by atoms with E-state index >= 15 is 0 Å². The number of benzene rings is 4. The molecule has 111 heavy (non-hydrogen) atoms. The maximum Gasteiger partial charge on any atom is -0.0130 e. The van der Waals surface area contributed by atoms with Crippen molar-refractivity contribution in [1.82, 2.24) is 57.5 Å². The quantitative estimate of drug-likeness (QED) is 0.00852. The molecule has 0 spiro atoms. The van der Waals surface area contributed by atoms with Crippen molar-refractivity contribution < 1.29 is 210 Å². The van der Waals surface area contributed by atoms with Gasteiger partial charge in [0.15, 0.2) is 0 Å². The maximum absolute atomic E-state index is 14.0. The number of aryl methyl sites for hydroxylation is 1. The van der Waals surface area contributed by atoms with E-state index in [1.165, 1.54) is 18.2 Å². The van der Waals surface area contributed by atoms with E-state index in [-0.39, 0.29) is 34.8 Å². The summed E-state index contributed by atoms with van der Waals surface area (Å²) in [6.07, 6.45) is -9.36. The molecular formula is C49H87N11O43P8. The number of Topliss-reactive ketones (excluding diaryl/α,β-unsaturated/α-hetero) is 1. The number of rotatable bonds is 47. The molecule has 54 nitrogen and oxygen atoms in total. The standard InChI is InChI=1S/C49H87N11O43P8/c1-31-2-4-39(5-3-31)93-22-34-10-40(94-20-32-6-35(42(61)15-50-43(62)16-57(23-104(77,78)96-69)24-105(79,80)97-70)12-36(7-32)47(66)54-51-44(63)17-58(25-106(81,82)98-71)26-107(83,84)99-72)14-41(11-34)95-21-33-8-37(48(67)55-52-45(64)18-59(27-108(85,86)100-73)28-109(87,88)101-74)13-38(9-33)49(68)56-53-46(65)19-60(29-110(89,90)102-75)30-111(91,92)103-76/h2-14,69-92,104-111H,15-30H2,1H3,(H,50,62)(H,51,63)(H,52,64)(H,53,65)(H,54,66)(H,55,67)(H,56,68). The van der Waals surface area contributed by atoms with Gasteiger partial charge in [-0.2, -0.15) is 0 Å². The molecule has 4 rings (SSSR count). The molecule has 0 unspecified atom stereocenters. The second-order valence-electron chi connectivity index (χ2n) is 23.8. The third-order valence-corrected chi connectivity index (χ3v) is 23.0. The van der Waals surface area contributed by atoms with Crippen LogP contribution in [0.4, 0.5) is 0 Å². The number of hydrogen-bond acceptors (Lipinski definition) is 47. The summed E-state index contributed by atoms with van der Waals surface area (Å²) in [5.41, 5.74) is 10.6. The maximum atomic E-state index is 14.0. The van der Waals surface area contributed by atoms with Gasteiger partial charge in [0.05, 0.1) is 0 Å². The molecule has 0 saturated heterocycles. The Hall–Kier alpha value is -5.76. The average Bonchev–Trinajstić information content (AvgIpc) is 0.830. The fraction of sp³-hybridized carbons (Fsp3) is 0.347. The minimum atomic E-state index is -5.09. The monoisotopic (exact) mass is 1770 g/mol. The van der Waals surface area contributed by atoms with Gasteiger partial charge in [0, 0.05) is 6.07 Å². The first kappa shape index (κ1) is 97.6. The number of amides is 7. The normalized spacial score (nSPS) is 13.7. The number of carbonyl (C=O) groups is 8. The van der Waals surface area contributed by atoms with Gasteiger partial charge in [-0.25, -0.2) is 0 Å². The molecule has 0 aliphatic rings. The SMILES string of the molecule is Cc1ccc(OCc2cc(OCc3cc(C(=O)CNC(=O)CN(C[PH](O)(O)OO)C[PH](O)(O)OO)cc(C(=O)NNC(=O)CN(C[PH](O)(O)OO)C[PH](O)(O)OO)c3)cc(OCc3cc(C(=O)NNC(=O)CN(C[PH](O)(O)OO)C[PH](O)(O)OO)cc(C(=O)NNC(=O)CN(C[PH](O)(O)OO)C[PH](O)(O)OO)c3)c2)cc1. The first-order valence-electron chi connectivity index (χ1n) is 30.6. The first-order chi connectivity index (χ1) is 51.6. The van der Waals surface area contributed by atoms with Crippen molar-refractivity contribution in [2.45, 2.75) is 26.7 Å². The van der Waals surface area contributed by atoms with Crippen LogP contribution in [0.15, 0.2) is 78.9 Å². The molecule has 0 radical (unpaired) electrons. The predicted molar refractivity (Wildman–Crippen MR) is 385 cm³/mol.